The fourth-order valence-electron chi connectivity index (χ4n) is 0.972. The Hall–Kier alpha value is -1.30. The van der Waals surface area contributed by atoms with E-state index in [1.54, 1.807) is 0 Å². The molecule has 4 N–H and O–H groups in total. The summed E-state index contributed by atoms with van der Waals surface area (Å²) in [5.41, 5.74) is 9.44. The normalized spacial score (nSPS) is 14.1. The molecule has 14 heavy (non-hydrogen) atoms. The van der Waals surface area contributed by atoms with Crippen molar-refractivity contribution in [2.24, 2.45) is 5.73 Å². The monoisotopic (exact) mass is 208 g/mol. The first-order chi connectivity index (χ1) is 6.32. The lowest BCUT2D eigenvalue weighted by Crippen LogP contribution is -2.29. The molecule has 78 valence electrons. The molecule has 0 amide bonds. The second-order valence-electron chi connectivity index (χ2n) is 2.80. The number of rotatable bonds is 1. The maximum absolute atomic E-state index is 13.0. The predicted octanol–water partition coefficient (Wildman–Crippen LogP) is 1.97. The van der Waals surface area contributed by atoms with Crippen LogP contribution >= 0.6 is 0 Å². The van der Waals surface area contributed by atoms with Crippen molar-refractivity contribution >= 4 is 5.69 Å². The Kier molecular flexibility index (Phi) is 2.66. The molecule has 0 bridgehead atoms. The van der Waals surface area contributed by atoms with Gasteiger partial charge in [0.05, 0.1) is 0 Å². The molecule has 0 aromatic heterocycles. The number of hydrogen-bond donors (Lipinski definition) is 2. The minimum absolute atomic E-state index is 0.0561. The van der Waals surface area contributed by atoms with Gasteiger partial charge in [0.1, 0.15) is 11.9 Å². The predicted molar refractivity (Wildman–Crippen MR) is 43.8 cm³/mol. The number of benzene rings is 1. The van der Waals surface area contributed by atoms with Crippen LogP contribution in [0.3, 0.4) is 0 Å². The summed E-state index contributed by atoms with van der Waals surface area (Å²) >= 11 is 0. The summed E-state index contributed by atoms with van der Waals surface area (Å²) in [7, 11) is 0. The molecule has 1 rings (SSSR count). The maximum atomic E-state index is 13.0. The van der Waals surface area contributed by atoms with E-state index < -0.39 is 23.6 Å². The summed E-state index contributed by atoms with van der Waals surface area (Å²) in [5, 5.41) is 0. The van der Waals surface area contributed by atoms with Crippen molar-refractivity contribution in [3.05, 3.63) is 29.6 Å². The first-order valence-corrected chi connectivity index (χ1v) is 3.69. The quantitative estimate of drug-likeness (QED) is 0.547. The van der Waals surface area contributed by atoms with E-state index in [1.165, 1.54) is 6.07 Å². The Morgan fingerprint density at radius 1 is 1.21 bits per heavy atom. The van der Waals surface area contributed by atoms with E-state index in [1.807, 2.05) is 0 Å². The van der Waals surface area contributed by atoms with Crippen molar-refractivity contribution in [3.8, 4) is 0 Å². The molecule has 1 aromatic carbocycles. The highest BCUT2D eigenvalue weighted by molar-refractivity contribution is 5.41. The summed E-state index contributed by atoms with van der Waals surface area (Å²) in [6, 6.07) is 0.594. The van der Waals surface area contributed by atoms with Gasteiger partial charge in [0, 0.05) is 11.3 Å². The molecule has 0 radical (unpaired) electrons. The molecule has 0 saturated carbocycles. The van der Waals surface area contributed by atoms with Crippen LogP contribution in [0.5, 0.6) is 0 Å². The van der Waals surface area contributed by atoms with E-state index in [-0.39, 0.29) is 5.69 Å². The van der Waals surface area contributed by atoms with Gasteiger partial charge in [-0.05, 0) is 12.1 Å². The molecule has 0 aliphatic rings. The highest BCUT2D eigenvalue weighted by Crippen LogP contribution is 2.32. The third-order valence-electron chi connectivity index (χ3n) is 1.71. The lowest BCUT2D eigenvalue weighted by atomic mass is 10.1. The average Bonchev–Trinajstić information content (AvgIpc) is 2.01. The minimum Gasteiger partial charge on any atom is -0.399 e. The van der Waals surface area contributed by atoms with E-state index in [0.717, 1.165) is 12.1 Å². The Morgan fingerprint density at radius 3 is 2.21 bits per heavy atom. The molecular formula is C8H8F4N2. The van der Waals surface area contributed by atoms with Gasteiger partial charge in [0.15, 0.2) is 0 Å². The van der Waals surface area contributed by atoms with Crippen molar-refractivity contribution in [1.29, 1.82) is 0 Å². The third-order valence-corrected chi connectivity index (χ3v) is 1.71. The molecule has 1 aromatic rings. The number of halogens is 4. The summed E-state index contributed by atoms with van der Waals surface area (Å²) in [6.07, 6.45) is -4.66. The zero-order chi connectivity index (χ0) is 10.9. The van der Waals surface area contributed by atoms with E-state index in [9.17, 15) is 17.6 Å². The van der Waals surface area contributed by atoms with Gasteiger partial charge in [-0.1, -0.05) is 6.07 Å². The lowest BCUT2D eigenvalue weighted by molar-refractivity contribution is -0.149. The summed E-state index contributed by atoms with van der Waals surface area (Å²) in [6.45, 7) is 0. The number of nitrogens with two attached hydrogens (primary N) is 2. The molecule has 0 heterocycles. The third kappa shape index (κ3) is 2.14. The molecule has 0 fully saturated rings. The van der Waals surface area contributed by atoms with Gasteiger partial charge in [0.2, 0.25) is 0 Å². The van der Waals surface area contributed by atoms with Crippen LogP contribution in [0.25, 0.3) is 0 Å². The van der Waals surface area contributed by atoms with Crippen LogP contribution in [0.1, 0.15) is 11.6 Å². The highest BCUT2D eigenvalue weighted by atomic mass is 19.4. The second kappa shape index (κ2) is 3.45. The number of nitrogen functional groups attached to an aromatic ring is 1. The number of alkyl halides is 3. The van der Waals surface area contributed by atoms with Crippen LogP contribution < -0.4 is 11.5 Å². The van der Waals surface area contributed by atoms with E-state index in [0.29, 0.717) is 0 Å². The highest BCUT2D eigenvalue weighted by Gasteiger charge is 2.39. The van der Waals surface area contributed by atoms with Gasteiger partial charge in [0.25, 0.3) is 0 Å². The second-order valence-corrected chi connectivity index (χ2v) is 2.80. The van der Waals surface area contributed by atoms with Crippen molar-refractivity contribution in [1.82, 2.24) is 0 Å². The standard InChI is InChI=1S/C8H8F4N2/c9-6-3-4(13)1-2-5(6)7(14)8(10,11)12/h1-3,7H,13-14H2. The van der Waals surface area contributed by atoms with Crippen molar-refractivity contribution in [2.75, 3.05) is 5.73 Å². The molecule has 1 atom stereocenters. The molecule has 0 saturated heterocycles. The number of anilines is 1. The van der Waals surface area contributed by atoms with Crippen LogP contribution in [0.15, 0.2) is 18.2 Å². The van der Waals surface area contributed by atoms with Gasteiger partial charge >= 0.3 is 6.18 Å². The zero-order valence-corrected chi connectivity index (χ0v) is 6.98. The van der Waals surface area contributed by atoms with Crippen LogP contribution in [0, 0.1) is 5.82 Å². The smallest absolute Gasteiger partial charge is 0.399 e. The van der Waals surface area contributed by atoms with E-state index in [4.69, 9.17) is 11.5 Å². The van der Waals surface area contributed by atoms with Gasteiger partial charge < -0.3 is 11.5 Å². The Bertz CT molecular complexity index is 335. The first-order valence-electron chi connectivity index (χ1n) is 3.69. The Morgan fingerprint density at radius 2 is 1.79 bits per heavy atom. The van der Waals surface area contributed by atoms with Crippen LogP contribution in [0.2, 0.25) is 0 Å². The largest absolute Gasteiger partial charge is 0.407 e. The summed E-state index contributed by atoms with van der Waals surface area (Å²) < 4.78 is 49.2. The molecule has 6 heteroatoms. The summed E-state index contributed by atoms with van der Waals surface area (Å²) in [4.78, 5) is 0. The lowest BCUT2D eigenvalue weighted by Gasteiger charge is -2.16. The van der Waals surface area contributed by atoms with Crippen LogP contribution in [0.4, 0.5) is 23.2 Å². The van der Waals surface area contributed by atoms with Gasteiger partial charge in [-0.25, -0.2) is 4.39 Å². The Labute approximate surface area is 77.5 Å². The van der Waals surface area contributed by atoms with Crippen molar-refractivity contribution < 1.29 is 17.6 Å². The molecular weight excluding hydrogens is 200 g/mol. The summed E-state index contributed by atoms with van der Waals surface area (Å²) in [5.74, 6) is -1.05. The fraction of sp³-hybridized carbons (Fsp3) is 0.250. The topological polar surface area (TPSA) is 52.0 Å². The van der Waals surface area contributed by atoms with Gasteiger partial charge in [-0.3, -0.25) is 0 Å². The minimum atomic E-state index is -4.66. The van der Waals surface area contributed by atoms with E-state index in [2.05, 4.69) is 0 Å². The van der Waals surface area contributed by atoms with Crippen LogP contribution in [-0.2, 0) is 0 Å². The average molecular weight is 208 g/mol. The maximum Gasteiger partial charge on any atom is 0.407 e. The van der Waals surface area contributed by atoms with Crippen molar-refractivity contribution in [2.45, 2.75) is 12.2 Å². The van der Waals surface area contributed by atoms with E-state index >= 15 is 0 Å². The zero-order valence-electron chi connectivity index (χ0n) is 6.98. The van der Waals surface area contributed by atoms with Crippen molar-refractivity contribution in [3.63, 3.8) is 0 Å². The van der Waals surface area contributed by atoms with Gasteiger partial charge in [-0.2, -0.15) is 13.2 Å². The Balaban J connectivity index is 3.08. The van der Waals surface area contributed by atoms with Crippen LogP contribution in [-0.4, -0.2) is 6.18 Å². The number of hydrogen-bond acceptors (Lipinski definition) is 2. The first kappa shape index (κ1) is 10.8. The molecule has 0 aliphatic heterocycles. The molecule has 0 aliphatic carbocycles. The van der Waals surface area contributed by atoms with Gasteiger partial charge in [-0.15, -0.1) is 0 Å². The molecule has 2 nitrogen and oxygen atoms in total. The molecule has 1 unspecified atom stereocenters. The molecule has 0 spiro atoms. The SMILES string of the molecule is Nc1ccc(C(N)C(F)(F)F)c(F)c1. The fourth-order valence-corrected chi connectivity index (χ4v) is 0.972.